The molecule has 2 aromatic rings. The third-order valence-corrected chi connectivity index (χ3v) is 6.35. The van der Waals surface area contributed by atoms with Crippen molar-refractivity contribution in [3.8, 4) is 5.69 Å². The van der Waals surface area contributed by atoms with Crippen molar-refractivity contribution in [2.24, 2.45) is 5.41 Å². The molecule has 1 aromatic heterocycles. The lowest BCUT2D eigenvalue weighted by Gasteiger charge is -2.43. The van der Waals surface area contributed by atoms with Gasteiger partial charge in [-0.25, -0.2) is 0 Å². The van der Waals surface area contributed by atoms with Gasteiger partial charge in [0, 0.05) is 68.3 Å². The highest BCUT2D eigenvalue weighted by atomic mass is 16.5. The predicted molar refractivity (Wildman–Crippen MR) is 119 cm³/mol. The van der Waals surface area contributed by atoms with Gasteiger partial charge in [-0.3, -0.25) is 9.69 Å². The van der Waals surface area contributed by atoms with Gasteiger partial charge < -0.3 is 19.1 Å². The maximum absolute atomic E-state index is 13.3. The Morgan fingerprint density at radius 3 is 2.60 bits per heavy atom. The molecule has 30 heavy (non-hydrogen) atoms. The van der Waals surface area contributed by atoms with Crippen LogP contribution in [-0.2, 0) is 4.74 Å². The average Bonchev–Trinajstić information content (AvgIpc) is 3.22. The Morgan fingerprint density at radius 2 is 1.87 bits per heavy atom. The SMILES string of the molecule is CN(C)CCN1CCOCC2(CCCN(C(=O)c3ccc(-n4cccc4)cc3)C2)C1. The first-order valence-corrected chi connectivity index (χ1v) is 11.0. The van der Waals surface area contributed by atoms with E-state index in [0.29, 0.717) is 0 Å². The van der Waals surface area contributed by atoms with Crippen LogP contribution in [0.1, 0.15) is 23.2 Å². The Hall–Kier alpha value is -2.15. The smallest absolute Gasteiger partial charge is 0.253 e. The van der Waals surface area contributed by atoms with Crippen molar-refractivity contribution in [1.82, 2.24) is 19.3 Å². The summed E-state index contributed by atoms with van der Waals surface area (Å²) in [5.41, 5.74) is 1.88. The summed E-state index contributed by atoms with van der Waals surface area (Å²) < 4.78 is 8.07. The number of benzene rings is 1. The van der Waals surface area contributed by atoms with E-state index >= 15 is 0 Å². The Labute approximate surface area is 180 Å². The van der Waals surface area contributed by atoms with E-state index in [-0.39, 0.29) is 11.3 Å². The molecule has 6 heteroatoms. The molecule has 4 rings (SSSR count). The summed E-state index contributed by atoms with van der Waals surface area (Å²) in [6.07, 6.45) is 6.19. The maximum Gasteiger partial charge on any atom is 0.253 e. The molecule has 1 unspecified atom stereocenters. The molecule has 0 bridgehead atoms. The van der Waals surface area contributed by atoms with Crippen molar-refractivity contribution in [1.29, 1.82) is 0 Å². The molecule has 0 aliphatic carbocycles. The van der Waals surface area contributed by atoms with E-state index in [1.807, 2.05) is 53.7 Å². The van der Waals surface area contributed by atoms with Gasteiger partial charge in [0.15, 0.2) is 0 Å². The van der Waals surface area contributed by atoms with Gasteiger partial charge in [0.05, 0.1) is 13.2 Å². The number of aromatic nitrogens is 1. The van der Waals surface area contributed by atoms with Crippen LogP contribution >= 0.6 is 0 Å². The van der Waals surface area contributed by atoms with Crippen molar-refractivity contribution < 1.29 is 9.53 Å². The highest BCUT2D eigenvalue weighted by molar-refractivity contribution is 5.94. The first kappa shape index (κ1) is 21.1. The summed E-state index contributed by atoms with van der Waals surface area (Å²) in [7, 11) is 4.24. The second-order valence-corrected chi connectivity index (χ2v) is 9.10. The normalized spacial score (nSPS) is 23.1. The Balaban J connectivity index is 1.44. The number of likely N-dealkylation sites (tertiary alicyclic amines) is 1. The van der Waals surface area contributed by atoms with Crippen LogP contribution in [0.3, 0.4) is 0 Å². The quantitative estimate of drug-likeness (QED) is 0.760. The monoisotopic (exact) mass is 410 g/mol. The van der Waals surface area contributed by atoms with Crippen LogP contribution in [0.5, 0.6) is 0 Å². The van der Waals surface area contributed by atoms with E-state index in [1.54, 1.807) is 0 Å². The second kappa shape index (κ2) is 9.33. The van der Waals surface area contributed by atoms with Crippen molar-refractivity contribution in [2.45, 2.75) is 12.8 Å². The number of piperidine rings is 1. The summed E-state index contributed by atoms with van der Waals surface area (Å²) in [5.74, 6) is 0.136. The molecule has 1 atom stereocenters. The third kappa shape index (κ3) is 4.94. The topological polar surface area (TPSA) is 41.0 Å². The molecular formula is C24H34N4O2. The Bertz CT molecular complexity index is 818. The minimum Gasteiger partial charge on any atom is -0.379 e. The van der Waals surface area contributed by atoms with Crippen molar-refractivity contribution in [2.75, 3.05) is 66.6 Å². The molecular weight excluding hydrogens is 376 g/mol. The number of ether oxygens (including phenoxy) is 1. The molecule has 2 aliphatic rings. The van der Waals surface area contributed by atoms with Gasteiger partial charge in [0.1, 0.15) is 0 Å². The number of rotatable bonds is 5. The number of amides is 1. The summed E-state index contributed by atoms with van der Waals surface area (Å²) in [6.45, 7) is 7.23. The summed E-state index contributed by atoms with van der Waals surface area (Å²) in [5, 5.41) is 0. The number of carbonyl (C=O) groups excluding carboxylic acids is 1. The van der Waals surface area contributed by atoms with Crippen molar-refractivity contribution >= 4 is 5.91 Å². The lowest BCUT2D eigenvalue weighted by molar-refractivity contribution is 0.00717. The van der Waals surface area contributed by atoms with Gasteiger partial charge in [-0.05, 0) is 63.3 Å². The predicted octanol–water partition coefficient (Wildman–Crippen LogP) is 2.59. The van der Waals surface area contributed by atoms with Crippen LogP contribution in [0.2, 0.25) is 0 Å². The van der Waals surface area contributed by atoms with Crippen LogP contribution in [0, 0.1) is 5.41 Å². The Kier molecular flexibility index (Phi) is 6.56. The fourth-order valence-electron chi connectivity index (χ4n) is 4.71. The van der Waals surface area contributed by atoms with E-state index in [9.17, 15) is 4.79 Å². The van der Waals surface area contributed by atoms with Crippen molar-refractivity contribution in [3.63, 3.8) is 0 Å². The molecule has 1 spiro atoms. The van der Waals surface area contributed by atoms with E-state index in [2.05, 4.69) is 28.5 Å². The van der Waals surface area contributed by atoms with Crippen LogP contribution < -0.4 is 0 Å². The third-order valence-electron chi connectivity index (χ3n) is 6.35. The zero-order valence-electron chi connectivity index (χ0n) is 18.3. The number of hydrogen-bond donors (Lipinski definition) is 0. The molecule has 1 aromatic carbocycles. The second-order valence-electron chi connectivity index (χ2n) is 9.10. The first-order chi connectivity index (χ1) is 14.5. The highest BCUT2D eigenvalue weighted by Crippen LogP contribution is 2.33. The number of likely N-dealkylation sites (N-methyl/N-ethyl adjacent to an activating group) is 1. The molecule has 0 radical (unpaired) electrons. The molecule has 2 fully saturated rings. The van der Waals surface area contributed by atoms with Gasteiger partial charge >= 0.3 is 0 Å². The van der Waals surface area contributed by atoms with Crippen LogP contribution in [0.4, 0.5) is 0 Å². The largest absolute Gasteiger partial charge is 0.379 e. The molecule has 2 saturated heterocycles. The lowest BCUT2D eigenvalue weighted by Crippen LogP contribution is -2.52. The molecule has 0 N–H and O–H groups in total. The fourth-order valence-corrected chi connectivity index (χ4v) is 4.71. The minimum atomic E-state index is 0.0435. The fraction of sp³-hybridized carbons (Fsp3) is 0.542. The lowest BCUT2D eigenvalue weighted by atomic mass is 9.80. The van der Waals surface area contributed by atoms with E-state index in [4.69, 9.17) is 4.74 Å². The standard InChI is InChI=1S/C24H34N4O2/c1-25(2)14-15-26-16-17-30-20-24(18-26)10-5-13-28(19-24)23(29)21-6-8-22(9-7-21)27-11-3-4-12-27/h3-4,6-9,11-12H,5,10,13-20H2,1-2H3. The Morgan fingerprint density at radius 1 is 1.10 bits per heavy atom. The maximum atomic E-state index is 13.3. The minimum absolute atomic E-state index is 0.0435. The number of carbonyl (C=O) groups is 1. The first-order valence-electron chi connectivity index (χ1n) is 11.0. The molecule has 2 aliphatic heterocycles. The van der Waals surface area contributed by atoms with Crippen LogP contribution in [0.15, 0.2) is 48.8 Å². The van der Waals surface area contributed by atoms with Gasteiger partial charge in [-0.2, -0.15) is 0 Å². The molecule has 6 nitrogen and oxygen atoms in total. The zero-order valence-corrected chi connectivity index (χ0v) is 18.3. The van der Waals surface area contributed by atoms with Gasteiger partial charge in [0.2, 0.25) is 0 Å². The molecule has 162 valence electrons. The molecule has 0 saturated carbocycles. The highest BCUT2D eigenvalue weighted by Gasteiger charge is 2.40. The van der Waals surface area contributed by atoms with E-state index in [0.717, 1.165) is 76.6 Å². The number of nitrogens with zero attached hydrogens (tertiary/aromatic N) is 4. The zero-order chi connectivity index (χ0) is 21.0. The van der Waals surface area contributed by atoms with Crippen LogP contribution in [-0.4, -0.2) is 91.8 Å². The van der Waals surface area contributed by atoms with Gasteiger partial charge in [-0.1, -0.05) is 0 Å². The van der Waals surface area contributed by atoms with Crippen molar-refractivity contribution in [3.05, 3.63) is 54.4 Å². The molecule has 1 amide bonds. The average molecular weight is 411 g/mol. The van der Waals surface area contributed by atoms with E-state index in [1.165, 1.54) is 0 Å². The molecule has 3 heterocycles. The summed E-state index contributed by atoms with van der Waals surface area (Å²) >= 11 is 0. The summed E-state index contributed by atoms with van der Waals surface area (Å²) in [4.78, 5) is 20.1. The van der Waals surface area contributed by atoms with E-state index < -0.39 is 0 Å². The summed E-state index contributed by atoms with van der Waals surface area (Å²) in [6, 6.07) is 11.9. The van der Waals surface area contributed by atoms with Gasteiger partial charge in [-0.15, -0.1) is 0 Å². The van der Waals surface area contributed by atoms with Gasteiger partial charge in [0.25, 0.3) is 5.91 Å². The van der Waals surface area contributed by atoms with Crippen LogP contribution in [0.25, 0.3) is 5.69 Å². The number of hydrogen-bond acceptors (Lipinski definition) is 4.